The molecule has 2 amide bonds. The molecule has 1 aliphatic carbocycles. The number of nitrogens with zero attached hydrogens (tertiary/aromatic N) is 1. The summed E-state index contributed by atoms with van der Waals surface area (Å²) in [6.45, 7) is 4.45. The van der Waals surface area contributed by atoms with Gasteiger partial charge in [-0.05, 0) is 28.8 Å². The monoisotopic (exact) mass is 437 g/mol. The Morgan fingerprint density at radius 2 is 1.66 bits per heavy atom. The van der Waals surface area contributed by atoms with Gasteiger partial charge in [0, 0.05) is 19.0 Å². The minimum atomic E-state index is -1.20. The fourth-order valence-electron chi connectivity index (χ4n) is 4.39. The summed E-state index contributed by atoms with van der Waals surface area (Å²) in [4.78, 5) is 38.4. The number of rotatable bonds is 8. The fraction of sp³-hybridized carbons (Fsp3) is 0.375. The second-order valence-electron chi connectivity index (χ2n) is 8.18. The van der Waals surface area contributed by atoms with E-state index >= 15 is 0 Å². The van der Waals surface area contributed by atoms with Gasteiger partial charge in [-0.2, -0.15) is 0 Å². The molecule has 8 heteroatoms. The zero-order valence-corrected chi connectivity index (χ0v) is 17.9. The van der Waals surface area contributed by atoms with Crippen molar-refractivity contribution in [3.63, 3.8) is 0 Å². The molecule has 3 N–H and O–H groups in total. The van der Waals surface area contributed by atoms with Crippen molar-refractivity contribution in [3.8, 4) is 11.1 Å². The van der Waals surface area contributed by atoms with Gasteiger partial charge in [-0.3, -0.25) is 14.5 Å². The minimum Gasteiger partial charge on any atom is -0.481 e. The van der Waals surface area contributed by atoms with Crippen molar-refractivity contribution in [2.24, 2.45) is 0 Å². The Hall–Kier alpha value is -3.39. The topological polar surface area (TPSA) is 108 Å². The number of fused-ring (bicyclic) bond motifs is 3. The highest BCUT2D eigenvalue weighted by Crippen LogP contribution is 2.44. The van der Waals surface area contributed by atoms with Crippen molar-refractivity contribution in [1.29, 1.82) is 0 Å². The van der Waals surface area contributed by atoms with E-state index < -0.39 is 30.4 Å². The summed E-state index contributed by atoms with van der Waals surface area (Å²) in [7, 11) is 0. The third-order valence-electron chi connectivity index (χ3n) is 6.08. The first-order chi connectivity index (χ1) is 15.5. The van der Waals surface area contributed by atoms with E-state index in [4.69, 9.17) is 4.74 Å². The number of carbonyl (C=O) groups is 3. The molecule has 1 heterocycles. The number of likely N-dealkylation sites (tertiary alicyclic amines) is 1. The summed E-state index contributed by atoms with van der Waals surface area (Å²) in [5, 5.41) is 14.4. The van der Waals surface area contributed by atoms with E-state index in [-0.39, 0.29) is 18.6 Å². The van der Waals surface area contributed by atoms with Crippen LogP contribution in [0.15, 0.2) is 48.5 Å². The largest absolute Gasteiger partial charge is 0.481 e. The lowest BCUT2D eigenvalue weighted by molar-refractivity contribution is -0.140. The highest BCUT2D eigenvalue weighted by molar-refractivity contribution is 5.89. The molecule has 0 bridgehead atoms. The number of ether oxygens (including phenoxy) is 1. The summed E-state index contributed by atoms with van der Waals surface area (Å²) in [6, 6.07) is 14.7. The molecule has 1 fully saturated rings. The van der Waals surface area contributed by atoms with Gasteiger partial charge in [0.15, 0.2) is 0 Å². The number of hydrogen-bond acceptors (Lipinski definition) is 5. The lowest BCUT2D eigenvalue weighted by Crippen LogP contribution is -2.61. The van der Waals surface area contributed by atoms with Crippen LogP contribution in [0.4, 0.5) is 4.79 Å². The number of carbonyl (C=O) groups excluding carboxylic acids is 2. The van der Waals surface area contributed by atoms with E-state index in [0.29, 0.717) is 13.1 Å². The lowest BCUT2D eigenvalue weighted by atomic mass is 9.98. The van der Waals surface area contributed by atoms with Gasteiger partial charge >= 0.3 is 12.1 Å². The highest BCUT2D eigenvalue weighted by atomic mass is 16.5. The Balaban J connectivity index is 1.37. The van der Waals surface area contributed by atoms with Crippen LogP contribution < -0.4 is 10.6 Å². The molecule has 2 aliphatic rings. The molecule has 1 atom stereocenters. The smallest absolute Gasteiger partial charge is 0.407 e. The zero-order valence-electron chi connectivity index (χ0n) is 17.9. The molecule has 2 aromatic rings. The van der Waals surface area contributed by atoms with Crippen LogP contribution in [0, 0.1) is 0 Å². The minimum absolute atomic E-state index is 0.0388. The summed E-state index contributed by atoms with van der Waals surface area (Å²) >= 11 is 0. The van der Waals surface area contributed by atoms with Gasteiger partial charge in [0.05, 0.1) is 12.5 Å². The highest BCUT2D eigenvalue weighted by Gasteiger charge is 2.32. The zero-order chi connectivity index (χ0) is 22.7. The van der Waals surface area contributed by atoms with Gasteiger partial charge in [0.1, 0.15) is 12.6 Å². The molecule has 1 saturated heterocycles. The van der Waals surface area contributed by atoms with Gasteiger partial charge in [-0.25, -0.2) is 4.79 Å². The maximum atomic E-state index is 12.5. The molecule has 32 heavy (non-hydrogen) atoms. The van der Waals surface area contributed by atoms with Crippen molar-refractivity contribution >= 4 is 18.0 Å². The van der Waals surface area contributed by atoms with E-state index in [1.165, 1.54) is 0 Å². The van der Waals surface area contributed by atoms with Crippen LogP contribution in [-0.2, 0) is 14.3 Å². The van der Waals surface area contributed by atoms with E-state index in [2.05, 4.69) is 15.5 Å². The lowest BCUT2D eigenvalue weighted by Gasteiger charge is -2.39. The number of carboxylic acids is 1. The number of nitrogens with one attached hydrogen (secondary N) is 2. The van der Waals surface area contributed by atoms with Gasteiger partial charge in [-0.15, -0.1) is 0 Å². The first-order valence-electron chi connectivity index (χ1n) is 10.8. The van der Waals surface area contributed by atoms with Crippen LogP contribution in [0.2, 0.25) is 0 Å². The molecule has 0 spiro atoms. The summed E-state index contributed by atoms with van der Waals surface area (Å²) in [5.74, 6) is -1.80. The number of likely N-dealkylation sites (N-methyl/N-ethyl adjacent to an activating group) is 1. The van der Waals surface area contributed by atoms with Crippen molar-refractivity contribution < 1.29 is 24.2 Å². The number of hydrogen-bond donors (Lipinski definition) is 3. The number of benzene rings is 2. The number of carboxylic acid groups (broad SMARTS) is 1. The molecule has 0 radical (unpaired) electrons. The predicted octanol–water partition coefficient (Wildman–Crippen LogP) is 2.19. The maximum absolute atomic E-state index is 12.5. The van der Waals surface area contributed by atoms with E-state index in [1.54, 1.807) is 0 Å². The third kappa shape index (κ3) is 4.60. The first kappa shape index (κ1) is 21.8. The molecule has 168 valence electrons. The second-order valence-corrected chi connectivity index (χ2v) is 8.18. The first-order valence-corrected chi connectivity index (χ1v) is 10.8. The third-order valence-corrected chi connectivity index (χ3v) is 6.08. The Labute approximate surface area is 186 Å². The van der Waals surface area contributed by atoms with Crippen LogP contribution in [0.3, 0.4) is 0 Å². The van der Waals surface area contributed by atoms with Crippen molar-refractivity contribution in [2.45, 2.75) is 31.3 Å². The average molecular weight is 437 g/mol. The van der Waals surface area contributed by atoms with Crippen LogP contribution in [0.25, 0.3) is 11.1 Å². The average Bonchev–Trinajstić information content (AvgIpc) is 3.07. The van der Waals surface area contributed by atoms with Crippen LogP contribution in [0.5, 0.6) is 0 Å². The summed E-state index contributed by atoms with van der Waals surface area (Å²) in [5.41, 5.74) is 4.38. The van der Waals surface area contributed by atoms with E-state index in [9.17, 15) is 19.5 Å². The Bertz CT molecular complexity index is 973. The summed E-state index contributed by atoms with van der Waals surface area (Å²) in [6.07, 6.45) is -1.32. The van der Waals surface area contributed by atoms with E-state index in [0.717, 1.165) is 28.8 Å². The molecule has 8 nitrogen and oxygen atoms in total. The molecule has 0 aromatic heterocycles. The normalized spacial score (nSPS) is 16.4. The van der Waals surface area contributed by atoms with Gasteiger partial charge in [-0.1, -0.05) is 55.5 Å². The molecule has 4 rings (SSSR count). The Kier molecular flexibility index (Phi) is 6.41. The number of alkyl carbamates (subject to hydrolysis) is 1. The molecule has 0 saturated carbocycles. The van der Waals surface area contributed by atoms with Crippen molar-refractivity contribution in [3.05, 3.63) is 59.7 Å². The SMILES string of the molecule is CCN1CC(NC(=O)C(CC(=O)O)NC(=O)OCC2c3ccccc3-c3ccccc32)C1. The molecule has 1 aliphatic heterocycles. The van der Waals surface area contributed by atoms with Crippen molar-refractivity contribution in [2.75, 3.05) is 26.2 Å². The molecular weight excluding hydrogens is 410 g/mol. The van der Waals surface area contributed by atoms with Crippen LogP contribution >= 0.6 is 0 Å². The standard InChI is InChI=1S/C24H27N3O5/c1-2-27-12-15(13-27)25-23(30)21(11-22(28)29)26-24(31)32-14-20-18-9-5-3-7-16(18)17-8-4-6-10-19(17)20/h3-10,15,20-21H,2,11-14H2,1H3,(H,25,30)(H,26,31)(H,28,29). The quantitative estimate of drug-likeness (QED) is 0.584. The van der Waals surface area contributed by atoms with Gasteiger partial charge in [0.2, 0.25) is 5.91 Å². The molecular formula is C24H27N3O5. The number of aliphatic carboxylic acids is 1. The maximum Gasteiger partial charge on any atom is 0.407 e. The van der Waals surface area contributed by atoms with E-state index in [1.807, 2.05) is 55.5 Å². The van der Waals surface area contributed by atoms with Gasteiger partial charge < -0.3 is 20.5 Å². The summed E-state index contributed by atoms with van der Waals surface area (Å²) < 4.78 is 5.45. The van der Waals surface area contributed by atoms with Crippen LogP contribution in [0.1, 0.15) is 30.4 Å². The fourth-order valence-corrected chi connectivity index (χ4v) is 4.39. The van der Waals surface area contributed by atoms with Crippen LogP contribution in [-0.4, -0.2) is 66.3 Å². The second kappa shape index (κ2) is 9.40. The molecule has 1 unspecified atom stereocenters. The Morgan fingerprint density at radius 3 is 2.22 bits per heavy atom. The predicted molar refractivity (Wildman–Crippen MR) is 118 cm³/mol. The van der Waals surface area contributed by atoms with Crippen molar-refractivity contribution in [1.82, 2.24) is 15.5 Å². The number of amides is 2. The van der Waals surface area contributed by atoms with Gasteiger partial charge in [0.25, 0.3) is 0 Å². The molecule has 2 aromatic carbocycles. The Morgan fingerprint density at radius 1 is 1.06 bits per heavy atom.